The van der Waals surface area contributed by atoms with E-state index in [0.29, 0.717) is 18.5 Å². The van der Waals surface area contributed by atoms with Crippen LogP contribution in [0.2, 0.25) is 0 Å². The lowest BCUT2D eigenvalue weighted by Gasteiger charge is -2.07. The molecule has 0 heterocycles. The predicted octanol–water partition coefficient (Wildman–Crippen LogP) is 1.02. The Labute approximate surface area is 111 Å². The second kappa shape index (κ2) is 7.62. The Hall–Kier alpha value is -1.66. The highest BCUT2D eigenvalue weighted by atomic mass is 35.5. The largest absolute Gasteiger partial charge is 0.354 e. The van der Waals surface area contributed by atoms with Crippen LogP contribution in [0, 0.1) is 10.1 Å². The van der Waals surface area contributed by atoms with Gasteiger partial charge in [0.2, 0.25) is 5.91 Å². The van der Waals surface area contributed by atoms with Gasteiger partial charge in [-0.2, -0.15) is 0 Å². The molecule has 1 rings (SSSR count). The first-order chi connectivity index (χ1) is 8.02. The highest BCUT2D eigenvalue weighted by Gasteiger charge is 2.12. The van der Waals surface area contributed by atoms with E-state index in [0.717, 1.165) is 0 Å². The van der Waals surface area contributed by atoms with Crippen LogP contribution >= 0.6 is 12.4 Å². The van der Waals surface area contributed by atoms with Crippen molar-refractivity contribution in [2.45, 2.75) is 19.4 Å². The molecule has 1 aromatic carbocycles. The minimum absolute atomic E-state index is 0. The van der Waals surface area contributed by atoms with Gasteiger partial charge < -0.3 is 11.1 Å². The molecule has 1 atom stereocenters. The van der Waals surface area contributed by atoms with Crippen molar-refractivity contribution in [3.05, 3.63) is 39.9 Å². The van der Waals surface area contributed by atoms with Crippen LogP contribution in [0.3, 0.4) is 0 Å². The number of nitrogens with zero attached hydrogens (tertiary/aromatic N) is 1. The van der Waals surface area contributed by atoms with Crippen molar-refractivity contribution in [1.29, 1.82) is 0 Å². The molecule has 1 amide bonds. The van der Waals surface area contributed by atoms with Crippen molar-refractivity contribution in [3.63, 3.8) is 0 Å². The summed E-state index contributed by atoms with van der Waals surface area (Å²) in [5.41, 5.74) is 6.04. The van der Waals surface area contributed by atoms with Crippen LogP contribution < -0.4 is 11.1 Å². The standard InChI is InChI=1S/C11H15N3O3.ClH/c1-8(12)11(15)13-7-6-9-4-2-3-5-10(9)14(16)17;/h2-5,8H,6-7,12H2,1H3,(H,13,15);1H/t8-;/m0./s1. The van der Waals surface area contributed by atoms with Crippen LogP contribution in [0.15, 0.2) is 24.3 Å². The van der Waals surface area contributed by atoms with Crippen molar-refractivity contribution in [2.24, 2.45) is 5.73 Å². The van der Waals surface area contributed by atoms with Gasteiger partial charge in [0.1, 0.15) is 0 Å². The summed E-state index contributed by atoms with van der Waals surface area (Å²) < 4.78 is 0. The van der Waals surface area contributed by atoms with Crippen molar-refractivity contribution < 1.29 is 9.72 Å². The summed E-state index contributed by atoms with van der Waals surface area (Å²) in [6, 6.07) is 5.90. The first-order valence-corrected chi connectivity index (χ1v) is 5.28. The molecule has 100 valence electrons. The number of amides is 1. The van der Waals surface area contributed by atoms with Crippen molar-refractivity contribution in [1.82, 2.24) is 5.32 Å². The Balaban J connectivity index is 0.00000289. The average molecular weight is 274 g/mol. The summed E-state index contributed by atoms with van der Waals surface area (Å²) in [6.07, 6.45) is 0.412. The highest BCUT2D eigenvalue weighted by molar-refractivity contribution is 5.85. The number of carbonyl (C=O) groups excluding carboxylic acids is 1. The van der Waals surface area contributed by atoms with Gasteiger partial charge in [0.15, 0.2) is 0 Å². The molecule has 3 N–H and O–H groups in total. The van der Waals surface area contributed by atoms with E-state index in [1.54, 1.807) is 25.1 Å². The first-order valence-electron chi connectivity index (χ1n) is 5.28. The number of halogens is 1. The average Bonchev–Trinajstić information content (AvgIpc) is 2.29. The van der Waals surface area contributed by atoms with Gasteiger partial charge in [0.25, 0.3) is 5.69 Å². The molecule has 0 radical (unpaired) electrons. The lowest BCUT2D eigenvalue weighted by atomic mass is 10.1. The second-order valence-electron chi connectivity index (χ2n) is 3.72. The van der Waals surface area contributed by atoms with Gasteiger partial charge in [-0.25, -0.2) is 0 Å². The molecule has 0 saturated heterocycles. The maximum Gasteiger partial charge on any atom is 0.272 e. The molecule has 18 heavy (non-hydrogen) atoms. The number of nitro benzene ring substituents is 1. The van der Waals surface area contributed by atoms with E-state index in [1.165, 1.54) is 6.07 Å². The van der Waals surface area contributed by atoms with Crippen molar-refractivity contribution in [3.8, 4) is 0 Å². The molecule has 0 aliphatic carbocycles. The van der Waals surface area contributed by atoms with Crippen LogP contribution in [-0.4, -0.2) is 23.4 Å². The Morgan fingerprint density at radius 3 is 2.67 bits per heavy atom. The van der Waals surface area contributed by atoms with Crippen LogP contribution in [0.5, 0.6) is 0 Å². The summed E-state index contributed by atoms with van der Waals surface area (Å²) in [7, 11) is 0. The number of nitro groups is 1. The third-order valence-electron chi connectivity index (χ3n) is 2.30. The molecular formula is C11H16ClN3O3. The van der Waals surface area contributed by atoms with Gasteiger partial charge in [0, 0.05) is 18.2 Å². The van der Waals surface area contributed by atoms with E-state index in [1.807, 2.05) is 0 Å². The van der Waals surface area contributed by atoms with E-state index in [4.69, 9.17) is 5.73 Å². The smallest absolute Gasteiger partial charge is 0.272 e. The van der Waals surface area contributed by atoms with Crippen molar-refractivity contribution >= 4 is 24.0 Å². The third kappa shape index (κ3) is 4.68. The number of nitrogens with two attached hydrogens (primary N) is 1. The fourth-order valence-corrected chi connectivity index (χ4v) is 1.38. The second-order valence-corrected chi connectivity index (χ2v) is 3.72. The summed E-state index contributed by atoms with van der Waals surface area (Å²) in [4.78, 5) is 21.5. The van der Waals surface area contributed by atoms with Gasteiger partial charge in [-0.3, -0.25) is 14.9 Å². The lowest BCUT2D eigenvalue weighted by molar-refractivity contribution is -0.385. The van der Waals surface area contributed by atoms with E-state index in [-0.39, 0.29) is 24.0 Å². The molecule has 0 saturated carbocycles. The SMILES string of the molecule is C[C@H](N)C(=O)NCCc1ccccc1[N+](=O)[O-].Cl. The highest BCUT2D eigenvalue weighted by Crippen LogP contribution is 2.17. The molecule has 6 nitrogen and oxygen atoms in total. The zero-order valence-corrected chi connectivity index (χ0v) is 10.8. The Kier molecular flexibility index (Phi) is 6.92. The normalized spacial score (nSPS) is 11.2. The Bertz CT molecular complexity index is 424. The minimum Gasteiger partial charge on any atom is -0.354 e. The molecule has 0 bridgehead atoms. The van der Waals surface area contributed by atoms with Gasteiger partial charge in [-0.15, -0.1) is 12.4 Å². The van der Waals surface area contributed by atoms with E-state index in [9.17, 15) is 14.9 Å². The fourth-order valence-electron chi connectivity index (χ4n) is 1.38. The van der Waals surface area contributed by atoms with E-state index >= 15 is 0 Å². The molecular weight excluding hydrogens is 258 g/mol. The Morgan fingerprint density at radius 2 is 2.11 bits per heavy atom. The van der Waals surface area contributed by atoms with Crippen LogP contribution in [-0.2, 0) is 11.2 Å². The molecule has 0 unspecified atom stereocenters. The van der Waals surface area contributed by atoms with E-state index < -0.39 is 11.0 Å². The summed E-state index contributed by atoms with van der Waals surface area (Å²) >= 11 is 0. The number of rotatable bonds is 5. The quantitative estimate of drug-likeness (QED) is 0.618. The van der Waals surface area contributed by atoms with Gasteiger partial charge >= 0.3 is 0 Å². The number of para-hydroxylation sites is 1. The van der Waals surface area contributed by atoms with Gasteiger partial charge in [-0.1, -0.05) is 18.2 Å². The molecule has 0 aromatic heterocycles. The van der Waals surface area contributed by atoms with Gasteiger partial charge in [-0.05, 0) is 13.3 Å². The monoisotopic (exact) mass is 273 g/mol. The fraction of sp³-hybridized carbons (Fsp3) is 0.364. The molecule has 0 aliphatic rings. The van der Waals surface area contributed by atoms with Crippen LogP contribution in [0.4, 0.5) is 5.69 Å². The third-order valence-corrected chi connectivity index (χ3v) is 2.30. The maximum atomic E-state index is 11.2. The topological polar surface area (TPSA) is 98.3 Å². The van der Waals surface area contributed by atoms with Crippen LogP contribution in [0.1, 0.15) is 12.5 Å². The maximum absolute atomic E-state index is 11.2. The molecule has 0 aliphatic heterocycles. The molecule has 1 aromatic rings. The number of carbonyl (C=O) groups is 1. The van der Waals surface area contributed by atoms with Gasteiger partial charge in [0.05, 0.1) is 11.0 Å². The number of benzene rings is 1. The molecule has 0 spiro atoms. The Morgan fingerprint density at radius 1 is 1.50 bits per heavy atom. The summed E-state index contributed by atoms with van der Waals surface area (Å²) in [5, 5.41) is 13.3. The van der Waals surface area contributed by atoms with Crippen LogP contribution in [0.25, 0.3) is 0 Å². The summed E-state index contributed by atoms with van der Waals surface area (Å²) in [5.74, 6) is -0.261. The minimum atomic E-state index is -0.569. The predicted molar refractivity (Wildman–Crippen MR) is 70.7 cm³/mol. The first kappa shape index (κ1) is 16.3. The zero-order valence-electron chi connectivity index (χ0n) is 9.96. The molecule has 0 fully saturated rings. The van der Waals surface area contributed by atoms with E-state index in [2.05, 4.69) is 5.32 Å². The number of hydrogen-bond acceptors (Lipinski definition) is 4. The van der Waals surface area contributed by atoms with Crippen molar-refractivity contribution in [2.75, 3.05) is 6.54 Å². The number of nitrogens with one attached hydrogen (secondary N) is 1. The summed E-state index contributed by atoms with van der Waals surface area (Å²) in [6.45, 7) is 1.92. The zero-order chi connectivity index (χ0) is 12.8. The molecule has 7 heteroatoms. The lowest BCUT2D eigenvalue weighted by Crippen LogP contribution is -2.39. The number of hydrogen-bond donors (Lipinski definition) is 2.